The van der Waals surface area contributed by atoms with Gasteiger partial charge in [-0.2, -0.15) is 0 Å². The fourth-order valence-corrected chi connectivity index (χ4v) is 2.66. The molecular weight excluding hydrogens is 246 g/mol. The first-order valence-electron chi connectivity index (χ1n) is 6.99. The summed E-state index contributed by atoms with van der Waals surface area (Å²) in [6, 6.07) is 0. The second-order valence-electron chi connectivity index (χ2n) is 5.58. The molecule has 2 N–H and O–H groups in total. The van der Waals surface area contributed by atoms with Crippen molar-refractivity contribution in [2.24, 2.45) is 11.8 Å². The minimum atomic E-state index is -1.08. The van der Waals surface area contributed by atoms with Crippen molar-refractivity contribution >= 4 is 11.9 Å². The smallest absolute Gasteiger partial charge is 0.329 e. The number of carboxylic acid groups (broad SMARTS) is 1. The van der Waals surface area contributed by atoms with Crippen LogP contribution in [-0.4, -0.2) is 36.2 Å². The molecule has 19 heavy (non-hydrogen) atoms. The predicted molar refractivity (Wildman–Crippen MR) is 71.8 cm³/mol. The van der Waals surface area contributed by atoms with E-state index in [4.69, 9.17) is 4.74 Å². The van der Waals surface area contributed by atoms with E-state index in [2.05, 4.69) is 12.2 Å². The summed E-state index contributed by atoms with van der Waals surface area (Å²) in [6.07, 6.45) is 3.84. The second-order valence-corrected chi connectivity index (χ2v) is 5.58. The van der Waals surface area contributed by atoms with Crippen LogP contribution in [0.2, 0.25) is 0 Å². The number of nitrogens with one attached hydrogen (secondary N) is 1. The third-order valence-corrected chi connectivity index (χ3v) is 4.17. The van der Waals surface area contributed by atoms with Crippen LogP contribution in [0, 0.1) is 11.8 Å². The van der Waals surface area contributed by atoms with Crippen LogP contribution in [-0.2, 0) is 14.3 Å². The number of aliphatic carboxylic acids is 1. The highest BCUT2D eigenvalue weighted by atomic mass is 16.5. The standard InChI is InChI=1S/C14H25NO4/c1-4-11-5-7-14(8-6-11,13(17)18)15-12(16)10(2)9-19-3/h10-11H,4-9H2,1-3H3,(H,15,16)(H,17,18). The summed E-state index contributed by atoms with van der Waals surface area (Å²) in [5, 5.41) is 12.2. The highest BCUT2D eigenvalue weighted by Crippen LogP contribution is 2.34. The highest BCUT2D eigenvalue weighted by molar-refractivity contribution is 5.88. The van der Waals surface area contributed by atoms with Crippen molar-refractivity contribution in [2.75, 3.05) is 13.7 Å². The lowest BCUT2D eigenvalue weighted by molar-refractivity contribution is -0.150. The third kappa shape index (κ3) is 3.93. The first-order chi connectivity index (χ1) is 8.95. The summed E-state index contributed by atoms with van der Waals surface area (Å²) < 4.78 is 4.93. The molecule has 1 atom stereocenters. The Bertz CT molecular complexity index is 321. The van der Waals surface area contributed by atoms with Crippen molar-refractivity contribution in [3.8, 4) is 0 Å². The van der Waals surface area contributed by atoms with Gasteiger partial charge in [0.15, 0.2) is 0 Å². The quantitative estimate of drug-likeness (QED) is 0.772. The molecule has 0 heterocycles. The monoisotopic (exact) mass is 271 g/mol. The van der Waals surface area contributed by atoms with E-state index in [9.17, 15) is 14.7 Å². The molecule has 110 valence electrons. The molecule has 1 amide bonds. The van der Waals surface area contributed by atoms with Crippen LogP contribution in [0.15, 0.2) is 0 Å². The molecule has 1 aliphatic carbocycles. The van der Waals surface area contributed by atoms with Gasteiger partial charge < -0.3 is 15.2 Å². The maximum absolute atomic E-state index is 12.0. The molecule has 0 bridgehead atoms. The average Bonchev–Trinajstić information content (AvgIpc) is 2.39. The van der Waals surface area contributed by atoms with Gasteiger partial charge in [0.25, 0.3) is 0 Å². The zero-order chi connectivity index (χ0) is 14.5. The van der Waals surface area contributed by atoms with Gasteiger partial charge >= 0.3 is 5.97 Å². The molecule has 1 unspecified atom stereocenters. The Labute approximate surface area is 114 Å². The van der Waals surface area contributed by atoms with E-state index in [1.54, 1.807) is 6.92 Å². The highest BCUT2D eigenvalue weighted by Gasteiger charge is 2.43. The number of hydrogen-bond acceptors (Lipinski definition) is 3. The number of amides is 1. The number of ether oxygens (including phenoxy) is 1. The minimum Gasteiger partial charge on any atom is -0.480 e. The van der Waals surface area contributed by atoms with E-state index in [0.29, 0.717) is 25.4 Å². The largest absolute Gasteiger partial charge is 0.480 e. The van der Waals surface area contributed by atoms with Crippen LogP contribution >= 0.6 is 0 Å². The molecular formula is C14H25NO4. The van der Waals surface area contributed by atoms with Crippen LogP contribution in [0.3, 0.4) is 0 Å². The Hall–Kier alpha value is -1.10. The molecule has 0 aromatic carbocycles. The summed E-state index contributed by atoms with van der Waals surface area (Å²) in [5.74, 6) is -0.898. The van der Waals surface area contributed by atoms with Crippen molar-refractivity contribution < 1.29 is 19.4 Å². The van der Waals surface area contributed by atoms with Gasteiger partial charge in [0.1, 0.15) is 5.54 Å². The SMILES string of the molecule is CCC1CCC(NC(=O)C(C)COC)(C(=O)O)CC1. The third-order valence-electron chi connectivity index (χ3n) is 4.17. The molecule has 0 aromatic rings. The van der Waals surface area contributed by atoms with Gasteiger partial charge in [-0.1, -0.05) is 20.3 Å². The van der Waals surface area contributed by atoms with Crippen LogP contribution in [0.5, 0.6) is 0 Å². The number of rotatable bonds is 6. The normalized spacial score (nSPS) is 28.7. The van der Waals surface area contributed by atoms with Gasteiger partial charge in [-0.15, -0.1) is 0 Å². The number of carboxylic acids is 1. The van der Waals surface area contributed by atoms with Gasteiger partial charge in [0.2, 0.25) is 5.91 Å². The molecule has 1 saturated carbocycles. The fraction of sp³-hybridized carbons (Fsp3) is 0.857. The molecule has 1 rings (SSSR count). The molecule has 1 fully saturated rings. The maximum atomic E-state index is 12.0. The average molecular weight is 271 g/mol. The van der Waals surface area contributed by atoms with E-state index >= 15 is 0 Å². The summed E-state index contributed by atoms with van der Waals surface area (Å²) in [6.45, 7) is 4.17. The fourth-order valence-electron chi connectivity index (χ4n) is 2.66. The molecule has 1 aliphatic rings. The number of hydrogen-bond donors (Lipinski definition) is 2. The lowest BCUT2D eigenvalue weighted by Gasteiger charge is -2.37. The molecule has 0 aliphatic heterocycles. The zero-order valence-electron chi connectivity index (χ0n) is 12.1. The lowest BCUT2D eigenvalue weighted by atomic mass is 9.75. The number of carbonyl (C=O) groups excluding carboxylic acids is 1. The summed E-state index contributed by atoms with van der Waals surface area (Å²) >= 11 is 0. The van der Waals surface area contributed by atoms with Crippen molar-refractivity contribution in [3.63, 3.8) is 0 Å². The van der Waals surface area contributed by atoms with Crippen LogP contribution in [0.4, 0.5) is 0 Å². The van der Waals surface area contributed by atoms with E-state index in [0.717, 1.165) is 19.3 Å². The Kier molecular flexibility index (Phi) is 5.79. The second kappa shape index (κ2) is 6.89. The number of methoxy groups -OCH3 is 1. The predicted octanol–water partition coefficient (Wildman–Crippen LogP) is 1.81. The van der Waals surface area contributed by atoms with E-state index < -0.39 is 11.5 Å². The first-order valence-corrected chi connectivity index (χ1v) is 6.99. The molecule has 0 saturated heterocycles. The van der Waals surface area contributed by atoms with Crippen molar-refractivity contribution in [1.29, 1.82) is 0 Å². The maximum Gasteiger partial charge on any atom is 0.329 e. The van der Waals surface area contributed by atoms with E-state index in [1.165, 1.54) is 7.11 Å². The van der Waals surface area contributed by atoms with Gasteiger partial charge in [-0.05, 0) is 31.6 Å². The molecule has 5 nitrogen and oxygen atoms in total. The topological polar surface area (TPSA) is 75.6 Å². The Balaban J connectivity index is 2.68. The summed E-state index contributed by atoms with van der Waals surface area (Å²) in [5.41, 5.74) is -1.08. The van der Waals surface area contributed by atoms with Crippen LogP contribution in [0.1, 0.15) is 46.0 Å². The van der Waals surface area contributed by atoms with Crippen molar-refractivity contribution in [3.05, 3.63) is 0 Å². The van der Waals surface area contributed by atoms with Crippen LogP contribution < -0.4 is 5.32 Å². The summed E-state index contributed by atoms with van der Waals surface area (Å²) in [4.78, 5) is 23.5. The van der Waals surface area contributed by atoms with Gasteiger partial charge in [0, 0.05) is 7.11 Å². The van der Waals surface area contributed by atoms with Crippen LogP contribution in [0.25, 0.3) is 0 Å². The Morgan fingerprint density at radius 1 is 1.42 bits per heavy atom. The Morgan fingerprint density at radius 3 is 2.42 bits per heavy atom. The van der Waals surface area contributed by atoms with Crippen molar-refractivity contribution in [1.82, 2.24) is 5.32 Å². The van der Waals surface area contributed by atoms with Crippen molar-refractivity contribution in [2.45, 2.75) is 51.5 Å². The number of carbonyl (C=O) groups is 2. The zero-order valence-corrected chi connectivity index (χ0v) is 12.1. The molecule has 5 heteroatoms. The van der Waals surface area contributed by atoms with Gasteiger partial charge in [-0.3, -0.25) is 4.79 Å². The van der Waals surface area contributed by atoms with Gasteiger partial charge in [0.05, 0.1) is 12.5 Å². The van der Waals surface area contributed by atoms with E-state index in [1.807, 2.05) is 0 Å². The molecule has 0 aromatic heterocycles. The Morgan fingerprint density at radius 2 is 2.00 bits per heavy atom. The van der Waals surface area contributed by atoms with E-state index in [-0.39, 0.29) is 11.8 Å². The first kappa shape index (κ1) is 16.0. The molecule has 0 radical (unpaired) electrons. The minimum absolute atomic E-state index is 0.237. The van der Waals surface area contributed by atoms with Gasteiger partial charge in [-0.25, -0.2) is 4.79 Å². The summed E-state index contributed by atoms with van der Waals surface area (Å²) in [7, 11) is 1.53. The lowest BCUT2D eigenvalue weighted by Crippen LogP contribution is -2.57. The molecule has 0 spiro atoms.